The van der Waals surface area contributed by atoms with Crippen LogP contribution in [0.1, 0.15) is 25.8 Å². The van der Waals surface area contributed by atoms with Gasteiger partial charge in [-0.25, -0.2) is 0 Å². The maximum atomic E-state index is 5.46. The van der Waals surface area contributed by atoms with E-state index in [-0.39, 0.29) is 0 Å². The molecule has 0 spiro atoms. The van der Waals surface area contributed by atoms with Crippen LogP contribution in [0, 0.1) is 5.41 Å². The van der Waals surface area contributed by atoms with Crippen LogP contribution < -0.4 is 14.8 Å². The van der Waals surface area contributed by atoms with Crippen LogP contribution in [0.25, 0.3) is 0 Å². The zero-order chi connectivity index (χ0) is 14.0. The number of fused-ring (bicyclic) bond motifs is 1. The first kappa shape index (κ1) is 13.7. The van der Waals surface area contributed by atoms with E-state index in [2.05, 4.69) is 36.2 Å². The summed E-state index contributed by atoms with van der Waals surface area (Å²) in [6, 6.07) is 6.27. The highest BCUT2D eigenvalue weighted by Crippen LogP contribution is 2.33. The highest BCUT2D eigenvalue weighted by molar-refractivity contribution is 5.44. The molecule has 0 amide bonds. The normalized spacial score (nSPS) is 24.6. The highest BCUT2D eigenvalue weighted by Gasteiger charge is 2.30. The monoisotopic (exact) mass is 276 g/mol. The summed E-state index contributed by atoms with van der Waals surface area (Å²) in [5.41, 5.74) is 1.71. The number of hydrogen-bond donors (Lipinski definition) is 1. The van der Waals surface area contributed by atoms with Crippen molar-refractivity contribution in [1.29, 1.82) is 0 Å². The lowest BCUT2D eigenvalue weighted by Gasteiger charge is -2.31. The molecule has 1 aromatic rings. The molecule has 3 rings (SSSR count). The molecule has 1 aromatic carbocycles. The van der Waals surface area contributed by atoms with Crippen LogP contribution >= 0.6 is 0 Å². The lowest BCUT2D eigenvalue weighted by molar-refractivity contribution is 0.173. The average Bonchev–Trinajstić information content (AvgIpc) is 3.06. The molecule has 4 heteroatoms. The van der Waals surface area contributed by atoms with Crippen molar-refractivity contribution in [2.45, 2.75) is 26.8 Å². The largest absolute Gasteiger partial charge is 0.454 e. The first-order valence-corrected chi connectivity index (χ1v) is 7.50. The molecule has 4 nitrogen and oxygen atoms in total. The van der Waals surface area contributed by atoms with Crippen molar-refractivity contribution < 1.29 is 9.47 Å². The molecule has 1 fully saturated rings. The van der Waals surface area contributed by atoms with Crippen LogP contribution in [0.15, 0.2) is 18.2 Å². The summed E-state index contributed by atoms with van der Waals surface area (Å²) in [6.45, 7) is 10.4. The second-order valence-electron chi connectivity index (χ2n) is 6.23. The second kappa shape index (κ2) is 5.62. The van der Waals surface area contributed by atoms with E-state index in [1.54, 1.807) is 0 Å². The Morgan fingerprint density at radius 2 is 2.15 bits per heavy atom. The van der Waals surface area contributed by atoms with Gasteiger partial charge < -0.3 is 14.8 Å². The van der Waals surface area contributed by atoms with Gasteiger partial charge in [-0.05, 0) is 42.6 Å². The van der Waals surface area contributed by atoms with Gasteiger partial charge in [0, 0.05) is 19.6 Å². The van der Waals surface area contributed by atoms with Gasteiger partial charge in [-0.1, -0.05) is 19.9 Å². The summed E-state index contributed by atoms with van der Waals surface area (Å²) in [7, 11) is 0. The molecule has 0 bridgehead atoms. The molecule has 20 heavy (non-hydrogen) atoms. The number of benzene rings is 1. The van der Waals surface area contributed by atoms with Gasteiger partial charge >= 0.3 is 0 Å². The summed E-state index contributed by atoms with van der Waals surface area (Å²) >= 11 is 0. The van der Waals surface area contributed by atoms with Crippen molar-refractivity contribution in [2.24, 2.45) is 5.41 Å². The minimum atomic E-state index is 0.347. The molecule has 1 saturated heterocycles. The van der Waals surface area contributed by atoms with E-state index in [4.69, 9.17) is 9.47 Å². The van der Waals surface area contributed by atoms with E-state index in [0.29, 0.717) is 12.2 Å². The predicted octanol–water partition coefficient (Wildman–Crippen LogP) is 2.24. The molecular weight excluding hydrogens is 252 g/mol. The Hall–Kier alpha value is -1.26. The van der Waals surface area contributed by atoms with E-state index in [1.807, 2.05) is 6.07 Å². The van der Waals surface area contributed by atoms with Crippen LogP contribution in [-0.4, -0.2) is 37.9 Å². The fourth-order valence-corrected chi connectivity index (χ4v) is 3.12. The van der Waals surface area contributed by atoms with E-state index in [0.717, 1.165) is 44.2 Å². The van der Waals surface area contributed by atoms with Gasteiger partial charge in [-0.15, -0.1) is 0 Å². The SMILES string of the molecule is CCN(Cc1ccc2c(c1)OCO2)CC1(C)CCNC1. The van der Waals surface area contributed by atoms with Gasteiger partial charge in [0.05, 0.1) is 0 Å². The molecular formula is C16H24N2O2. The van der Waals surface area contributed by atoms with Gasteiger partial charge in [-0.3, -0.25) is 4.90 Å². The number of hydrogen-bond acceptors (Lipinski definition) is 4. The Morgan fingerprint density at radius 3 is 2.90 bits per heavy atom. The van der Waals surface area contributed by atoms with Crippen LogP contribution in [-0.2, 0) is 6.54 Å². The van der Waals surface area contributed by atoms with Crippen molar-refractivity contribution in [2.75, 3.05) is 33.0 Å². The predicted molar refractivity (Wildman–Crippen MR) is 79.1 cm³/mol. The number of rotatable bonds is 5. The Bertz CT molecular complexity index is 470. The summed E-state index contributed by atoms with van der Waals surface area (Å²) in [4.78, 5) is 2.52. The molecule has 0 saturated carbocycles. The number of ether oxygens (including phenoxy) is 2. The third kappa shape index (κ3) is 2.91. The lowest BCUT2D eigenvalue weighted by atomic mass is 9.89. The van der Waals surface area contributed by atoms with Crippen LogP contribution in [0.2, 0.25) is 0 Å². The fraction of sp³-hybridized carbons (Fsp3) is 0.625. The molecule has 1 unspecified atom stereocenters. The zero-order valence-electron chi connectivity index (χ0n) is 12.4. The smallest absolute Gasteiger partial charge is 0.231 e. The van der Waals surface area contributed by atoms with Gasteiger partial charge in [0.2, 0.25) is 6.79 Å². The quantitative estimate of drug-likeness (QED) is 0.894. The number of nitrogens with zero attached hydrogens (tertiary/aromatic N) is 1. The highest BCUT2D eigenvalue weighted by atomic mass is 16.7. The minimum absolute atomic E-state index is 0.347. The first-order chi connectivity index (χ1) is 9.68. The zero-order valence-corrected chi connectivity index (χ0v) is 12.4. The third-order valence-corrected chi connectivity index (χ3v) is 4.35. The Balaban J connectivity index is 1.65. The van der Waals surface area contributed by atoms with Crippen molar-refractivity contribution >= 4 is 0 Å². The van der Waals surface area contributed by atoms with Crippen LogP contribution in [0.3, 0.4) is 0 Å². The maximum Gasteiger partial charge on any atom is 0.231 e. The van der Waals surface area contributed by atoms with Gasteiger partial charge in [0.25, 0.3) is 0 Å². The summed E-state index contributed by atoms with van der Waals surface area (Å²) < 4.78 is 10.8. The third-order valence-electron chi connectivity index (χ3n) is 4.35. The van der Waals surface area contributed by atoms with Crippen molar-refractivity contribution in [1.82, 2.24) is 10.2 Å². The lowest BCUT2D eigenvalue weighted by Crippen LogP contribution is -2.37. The summed E-state index contributed by atoms with van der Waals surface area (Å²) in [5.74, 6) is 1.75. The molecule has 1 N–H and O–H groups in total. The average molecular weight is 276 g/mol. The summed E-state index contributed by atoms with van der Waals surface area (Å²) in [6.07, 6.45) is 1.27. The molecule has 1 atom stereocenters. The van der Waals surface area contributed by atoms with Crippen molar-refractivity contribution in [3.63, 3.8) is 0 Å². The van der Waals surface area contributed by atoms with E-state index >= 15 is 0 Å². The van der Waals surface area contributed by atoms with Gasteiger partial charge in [-0.2, -0.15) is 0 Å². The Morgan fingerprint density at radius 1 is 1.30 bits per heavy atom. The Kier molecular flexibility index (Phi) is 3.85. The minimum Gasteiger partial charge on any atom is -0.454 e. The molecule has 2 aliphatic heterocycles. The Labute approximate surface area is 121 Å². The number of nitrogens with one attached hydrogen (secondary N) is 1. The van der Waals surface area contributed by atoms with Gasteiger partial charge in [0.15, 0.2) is 11.5 Å². The first-order valence-electron chi connectivity index (χ1n) is 7.50. The second-order valence-corrected chi connectivity index (χ2v) is 6.23. The van der Waals surface area contributed by atoms with Gasteiger partial charge in [0.1, 0.15) is 0 Å². The molecule has 110 valence electrons. The molecule has 2 heterocycles. The van der Waals surface area contributed by atoms with Crippen molar-refractivity contribution in [3.8, 4) is 11.5 Å². The fourth-order valence-electron chi connectivity index (χ4n) is 3.12. The maximum absolute atomic E-state index is 5.46. The molecule has 0 radical (unpaired) electrons. The molecule has 2 aliphatic rings. The van der Waals surface area contributed by atoms with E-state index in [1.165, 1.54) is 12.0 Å². The van der Waals surface area contributed by atoms with Crippen molar-refractivity contribution in [3.05, 3.63) is 23.8 Å². The molecule has 0 aliphatic carbocycles. The topological polar surface area (TPSA) is 33.7 Å². The van der Waals surface area contributed by atoms with Crippen LogP contribution in [0.4, 0.5) is 0 Å². The summed E-state index contributed by atoms with van der Waals surface area (Å²) in [5, 5.41) is 3.48. The van der Waals surface area contributed by atoms with E-state index in [9.17, 15) is 0 Å². The van der Waals surface area contributed by atoms with E-state index < -0.39 is 0 Å². The van der Waals surface area contributed by atoms with Crippen LogP contribution in [0.5, 0.6) is 11.5 Å². The molecule has 0 aromatic heterocycles. The standard InChI is InChI=1S/C16H24N2O2/c1-3-18(11-16(2)6-7-17-10-16)9-13-4-5-14-15(8-13)20-12-19-14/h4-5,8,17H,3,6-7,9-12H2,1-2H3.